The van der Waals surface area contributed by atoms with Gasteiger partial charge in [0.25, 0.3) is 0 Å². The molecule has 1 amide bonds. The highest BCUT2D eigenvalue weighted by Gasteiger charge is 2.56. The van der Waals surface area contributed by atoms with E-state index < -0.39 is 0 Å². The second-order valence-electron chi connectivity index (χ2n) is 6.24. The Labute approximate surface area is 110 Å². The Morgan fingerprint density at radius 3 is 2.61 bits per heavy atom. The van der Waals surface area contributed by atoms with Gasteiger partial charge in [-0.25, -0.2) is 0 Å². The number of ether oxygens (including phenoxy) is 1. The Morgan fingerprint density at radius 1 is 1.22 bits per heavy atom. The average molecular weight is 251 g/mol. The highest BCUT2D eigenvalue weighted by molar-refractivity contribution is 5.82. The maximum absolute atomic E-state index is 12.5. The summed E-state index contributed by atoms with van der Waals surface area (Å²) in [7, 11) is 0. The van der Waals surface area contributed by atoms with Gasteiger partial charge in [0.1, 0.15) is 0 Å². The molecule has 102 valence electrons. The summed E-state index contributed by atoms with van der Waals surface area (Å²) in [5, 5.41) is 0. The summed E-state index contributed by atoms with van der Waals surface area (Å²) >= 11 is 0. The summed E-state index contributed by atoms with van der Waals surface area (Å²) in [6, 6.07) is 0. The van der Waals surface area contributed by atoms with E-state index in [2.05, 4.69) is 4.90 Å². The summed E-state index contributed by atoms with van der Waals surface area (Å²) in [6.07, 6.45) is 6.43. The molecule has 3 atom stereocenters. The zero-order valence-electron chi connectivity index (χ0n) is 11.4. The van der Waals surface area contributed by atoms with Gasteiger partial charge in [0.15, 0.2) is 0 Å². The number of hydrogen-bond acceptors (Lipinski definition) is 2. The third-order valence-corrected chi connectivity index (χ3v) is 5.10. The van der Waals surface area contributed by atoms with Crippen LogP contribution in [0.5, 0.6) is 0 Å². The van der Waals surface area contributed by atoms with E-state index in [-0.39, 0.29) is 0 Å². The smallest absolute Gasteiger partial charge is 0.226 e. The highest BCUT2D eigenvalue weighted by Crippen LogP contribution is 2.56. The molecule has 0 radical (unpaired) electrons. The van der Waals surface area contributed by atoms with Crippen LogP contribution >= 0.6 is 0 Å². The van der Waals surface area contributed by atoms with Crippen LogP contribution in [0.4, 0.5) is 0 Å². The molecular weight excluding hydrogens is 226 g/mol. The number of fused-ring (bicyclic) bond motifs is 1. The maximum atomic E-state index is 12.5. The Kier molecular flexibility index (Phi) is 3.60. The Balaban J connectivity index is 1.49. The van der Waals surface area contributed by atoms with Gasteiger partial charge in [-0.15, -0.1) is 0 Å². The first-order chi connectivity index (χ1) is 8.81. The molecule has 0 bridgehead atoms. The van der Waals surface area contributed by atoms with Crippen LogP contribution in [0.15, 0.2) is 0 Å². The van der Waals surface area contributed by atoms with Crippen LogP contribution in [0.1, 0.15) is 39.0 Å². The quantitative estimate of drug-likeness (QED) is 0.767. The van der Waals surface area contributed by atoms with Crippen LogP contribution in [-0.4, -0.2) is 37.1 Å². The Bertz CT molecular complexity index is 306. The van der Waals surface area contributed by atoms with E-state index in [1.165, 1.54) is 25.7 Å². The van der Waals surface area contributed by atoms with Crippen molar-refractivity contribution in [3.8, 4) is 0 Å². The van der Waals surface area contributed by atoms with Gasteiger partial charge in [-0.05, 0) is 38.0 Å². The maximum Gasteiger partial charge on any atom is 0.226 e. The van der Waals surface area contributed by atoms with Gasteiger partial charge in [-0.3, -0.25) is 4.79 Å². The predicted octanol–water partition coefficient (Wildman–Crippen LogP) is 2.31. The first kappa shape index (κ1) is 12.5. The minimum absolute atomic E-state index is 0.401. The number of rotatable bonds is 4. The van der Waals surface area contributed by atoms with Crippen molar-refractivity contribution in [3.05, 3.63) is 0 Å². The van der Waals surface area contributed by atoms with Crippen LogP contribution in [0, 0.1) is 23.7 Å². The Morgan fingerprint density at radius 2 is 1.94 bits per heavy atom. The van der Waals surface area contributed by atoms with Crippen LogP contribution in [-0.2, 0) is 9.53 Å². The second-order valence-corrected chi connectivity index (χ2v) is 6.24. The molecule has 0 unspecified atom stereocenters. The first-order valence-electron chi connectivity index (χ1n) is 7.67. The summed E-state index contributed by atoms with van der Waals surface area (Å²) in [5.74, 6) is 2.94. The van der Waals surface area contributed by atoms with Crippen molar-refractivity contribution in [1.82, 2.24) is 4.90 Å². The largest absolute Gasteiger partial charge is 0.381 e. The number of likely N-dealkylation sites (tertiary alicyclic amines) is 1. The third-order valence-electron chi connectivity index (χ3n) is 5.10. The van der Waals surface area contributed by atoms with E-state index in [4.69, 9.17) is 4.74 Å². The van der Waals surface area contributed by atoms with Crippen LogP contribution in [0.2, 0.25) is 0 Å². The average Bonchev–Trinajstić information content (AvgIpc) is 2.94. The molecule has 3 rings (SSSR count). The molecule has 0 spiro atoms. The monoisotopic (exact) mass is 251 g/mol. The van der Waals surface area contributed by atoms with Gasteiger partial charge in [-0.2, -0.15) is 0 Å². The first-order valence-corrected chi connectivity index (χ1v) is 7.67. The predicted molar refractivity (Wildman–Crippen MR) is 70.1 cm³/mol. The lowest BCUT2D eigenvalue weighted by molar-refractivity contribution is -0.132. The van der Waals surface area contributed by atoms with Crippen LogP contribution in [0.3, 0.4) is 0 Å². The fourth-order valence-corrected chi connectivity index (χ4v) is 4.02. The molecule has 2 aliphatic carbocycles. The number of hydrogen-bond donors (Lipinski definition) is 0. The zero-order valence-corrected chi connectivity index (χ0v) is 11.4. The van der Waals surface area contributed by atoms with E-state index in [0.717, 1.165) is 44.6 Å². The minimum atomic E-state index is 0.401. The Hall–Kier alpha value is -0.570. The van der Waals surface area contributed by atoms with Crippen molar-refractivity contribution in [1.29, 1.82) is 0 Å². The lowest BCUT2D eigenvalue weighted by Crippen LogP contribution is -2.31. The molecule has 3 fully saturated rings. The van der Waals surface area contributed by atoms with Gasteiger partial charge in [0.2, 0.25) is 5.91 Å². The third kappa shape index (κ3) is 2.29. The number of carbonyl (C=O) groups excluding carboxylic acids is 1. The van der Waals surface area contributed by atoms with Crippen LogP contribution in [0.25, 0.3) is 0 Å². The number of carbonyl (C=O) groups is 1. The van der Waals surface area contributed by atoms with Gasteiger partial charge < -0.3 is 9.64 Å². The highest BCUT2D eigenvalue weighted by atomic mass is 16.5. The van der Waals surface area contributed by atoms with Gasteiger partial charge in [0.05, 0.1) is 6.61 Å². The molecular formula is C15H25NO2. The van der Waals surface area contributed by atoms with E-state index in [1.807, 2.05) is 6.92 Å². The summed E-state index contributed by atoms with van der Waals surface area (Å²) in [5.41, 5.74) is 0. The summed E-state index contributed by atoms with van der Waals surface area (Å²) < 4.78 is 5.48. The number of nitrogens with zero attached hydrogens (tertiary/aromatic N) is 1. The van der Waals surface area contributed by atoms with E-state index >= 15 is 0 Å². The van der Waals surface area contributed by atoms with Gasteiger partial charge >= 0.3 is 0 Å². The van der Waals surface area contributed by atoms with E-state index in [9.17, 15) is 4.79 Å². The molecule has 3 aliphatic rings. The van der Waals surface area contributed by atoms with Crippen molar-refractivity contribution in [2.45, 2.75) is 39.0 Å². The molecule has 0 aromatic heterocycles. The molecule has 2 saturated carbocycles. The van der Waals surface area contributed by atoms with Crippen molar-refractivity contribution in [2.24, 2.45) is 23.7 Å². The van der Waals surface area contributed by atoms with Crippen LogP contribution < -0.4 is 0 Å². The summed E-state index contributed by atoms with van der Waals surface area (Å²) in [4.78, 5) is 14.6. The van der Waals surface area contributed by atoms with E-state index in [1.54, 1.807) is 0 Å². The van der Waals surface area contributed by atoms with Crippen molar-refractivity contribution in [2.75, 3.05) is 26.3 Å². The SMILES string of the molecule is CCOC[C@@H]1CCN(C(=O)C2[C@H]3CCCC[C@H]23)C1. The van der Waals surface area contributed by atoms with Crippen molar-refractivity contribution >= 4 is 5.91 Å². The second kappa shape index (κ2) is 5.20. The van der Waals surface area contributed by atoms with Crippen molar-refractivity contribution < 1.29 is 9.53 Å². The molecule has 1 heterocycles. The zero-order chi connectivity index (χ0) is 12.5. The fraction of sp³-hybridized carbons (Fsp3) is 0.933. The fourth-order valence-electron chi connectivity index (χ4n) is 4.02. The minimum Gasteiger partial charge on any atom is -0.381 e. The molecule has 1 aliphatic heterocycles. The van der Waals surface area contributed by atoms with Gasteiger partial charge in [-0.1, -0.05) is 12.8 Å². The molecule has 18 heavy (non-hydrogen) atoms. The lowest BCUT2D eigenvalue weighted by atomic mass is 10.0. The molecule has 0 N–H and O–H groups in total. The molecule has 0 aromatic rings. The molecule has 1 saturated heterocycles. The lowest BCUT2D eigenvalue weighted by Gasteiger charge is -2.16. The van der Waals surface area contributed by atoms with Crippen molar-refractivity contribution in [3.63, 3.8) is 0 Å². The number of amides is 1. The normalized spacial score (nSPS) is 38.6. The van der Waals surface area contributed by atoms with Gasteiger partial charge in [0, 0.05) is 31.5 Å². The standard InChI is InChI=1S/C15H25NO2/c1-2-18-10-11-7-8-16(9-11)15(17)14-12-5-3-4-6-13(12)14/h11-14H,2-10H2,1H3/t11-,12+,13+/m1/s1. The molecule has 0 aromatic carbocycles. The topological polar surface area (TPSA) is 29.5 Å². The molecule has 3 nitrogen and oxygen atoms in total. The van der Waals surface area contributed by atoms with E-state index in [0.29, 0.717) is 17.7 Å². The molecule has 3 heteroatoms. The summed E-state index contributed by atoms with van der Waals surface area (Å²) in [6.45, 7) is 5.56.